The Bertz CT molecular complexity index is 320. The molecule has 3 heteroatoms. The average Bonchev–Trinajstić information content (AvgIpc) is 2.16. The standard InChI is InChI=1S/C11H14O3/c1-8(12)7-10(13)9-5-3-4-6-11(9)14-2/h3-6,10,13H,7H2,1-2H3/t10-/m1/s1. The molecule has 0 unspecified atom stereocenters. The maximum Gasteiger partial charge on any atom is 0.132 e. The summed E-state index contributed by atoms with van der Waals surface area (Å²) in [5.41, 5.74) is 0.658. The molecule has 0 aliphatic heterocycles. The molecule has 0 amide bonds. The van der Waals surface area contributed by atoms with E-state index in [4.69, 9.17) is 4.74 Å². The highest BCUT2D eigenvalue weighted by molar-refractivity contribution is 5.76. The minimum atomic E-state index is -0.774. The summed E-state index contributed by atoms with van der Waals surface area (Å²) in [4.78, 5) is 10.8. The zero-order valence-electron chi connectivity index (χ0n) is 8.36. The van der Waals surface area contributed by atoms with Crippen LogP contribution in [0.15, 0.2) is 24.3 Å². The van der Waals surface area contributed by atoms with Crippen LogP contribution in [0.2, 0.25) is 0 Å². The van der Waals surface area contributed by atoms with Gasteiger partial charge in [-0.15, -0.1) is 0 Å². The topological polar surface area (TPSA) is 46.5 Å². The maximum absolute atomic E-state index is 10.8. The van der Waals surface area contributed by atoms with E-state index in [1.54, 1.807) is 25.3 Å². The van der Waals surface area contributed by atoms with Crippen molar-refractivity contribution in [3.8, 4) is 5.75 Å². The number of ether oxygens (including phenoxy) is 1. The van der Waals surface area contributed by atoms with Crippen molar-refractivity contribution in [3.05, 3.63) is 29.8 Å². The molecule has 1 aromatic carbocycles. The molecule has 14 heavy (non-hydrogen) atoms. The van der Waals surface area contributed by atoms with Gasteiger partial charge in [0.05, 0.1) is 13.2 Å². The monoisotopic (exact) mass is 194 g/mol. The first-order valence-corrected chi connectivity index (χ1v) is 4.45. The summed E-state index contributed by atoms with van der Waals surface area (Å²) in [7, 11) is 1.54. The summed E-state index contributed by atoms with van der Waals surface area (Å²) in [6.07, 6.45) is -0.649. The van der Waals surface area contributed by atoms with E-state index in [9.17, 15) is 9.90 Å². The number of hydrogen-bond donors (Lipinski definition) is 1. The van der Waals surface area contributed by atoms with Crippen LogP contribution in [-0.4, -0.2) is 18.0 Å². The summed E-state index contributed by atoms with van der Waals surface area (Å²) in [6.45, 7) is 1.46. The lowest BCUT2D eigenvalue weighted by atomic mass is 10.0. The highest BCUT2D eigenvalue weighted by Crippen LogP contribution is 2.26. The third-order valence-electron chi connectivity index (χ3n) is 1.98. The fourth-order valence-electron chi connectivity index (χ4n) is 1.32. The predicted molar refractivity (Wildman–Crippen MR) is 53.3 cm³/mol. The van der Waals surface area contributed by atoms with Gasteiger partial charge < -0.3 is 9.84 Å². The largest absolute Gasteiger partial charge is 0.496 e. The van der Waals surface area contributed by atoms with Gasteiger partial charge in [-0.1, -0.05) is 18.2 Å². The van der Waals surface area contributed by atoms with Crippen LogP contribution < -0.4 is 4.74 Å². The van der Waals surface area contributed by atoms with E-state index in [1.807, 2.05) is 6.07 Å². The van der Waals surface area contributed by atoms with Gasteiger partial charge in [-0.3, -0.25) is 4.79 Å². The quantitative estimate of drug-likeness (QED) is 0.793. The van der Waals surface area contributed by atoms with Crippen LogP contribution in [0.25, 0.3) is 0 Å². The minimum absolute atomic E-state index is 0.0385. The second-order valence-corrected chi connectivity index (χ2v) is 3.16. The number of rotatable bonds is 4. The van der Waals surface area contributed by atoms with Gasteiger partial charge in [-0.2, -0.15) is 0 Å². The number of carbonyl (C=O) groups excluding carboxylic acids is 1. The van der Waals surface area contributed by atoms with Crippen molar-refractivity contribution < 1.29 is 14.6 Å². The number of aliphatic hydroxyl groups is 1. The Labute approximate surface area is 83.3 Å². The van der Waals surface area contributed by atoms with E-state index in [-0.39, 0.29) is 12.2 Å². The summed E-state index contributed by atoms with van der Waals surface area (Å²) >= 11 is 0. The van der Waals surface area contributed by atoms with Gasteiger partial charge in [0.1, 0.15) is 11.5 Å². The van der Waals surface area contributed by atoms with Gasteiger partial charge in [0.25, 0.3) is 0 Å². The number of para-hydroxylation sites is 1. The first-order valence-electron chi connectivity index (χ1n) is 4.45. The van der Waals surface area contributed by atoms with Gasteiger partial charge in [0.2, 0.25) is 0 Å². The number of benzene rings is 1. The third-order valence-corrected chi connectivity index (χ3v) is 1.98. The average molecular weight is 194 g/mol. The number of methoxy groups -OCH3 is 1. The first-order chi connectivity index (χ1) is 6.65. The molecule has 0 saturated carbocycles. The molecule has 1 atom stereocenters. The SMILES string of the molecule is COc1ccccc1[C@H](O)CC(C)=O. The van der Waals surface area contributed by atoms with Crippen molar-refractivity contribution >= 4 is 5.78 Å². The number of aliphatic hydroxyl groups excluding tert-OH is 1. The van der Waals surface area contributed by atoms with Crippen LogP contribution in [0.3, 0.4) is 0 Å². The lowest BCUT2D eigenvalue weighted by molar-refractivity contribution is -0.118. The van der Waals surface area contributed by atoms with E-state index in [0.717, 1.165) is 0 Å². The lowest BCUT2D eigenvalue weighted by Gasteiger charge is -2.12. The maximum atomic E-state index is 10.8. The second-order valence-electron chi connectivity index (χ2n) is 3.16. The predicted octanol–water partition coefficient (Wildman–Crippen LogP) is 1.71. The van der Waals surface area contributed by atoms with Crippen molar-refractivity contribution in [1.29, 1.82) is 0 Å². The summed E-state index contributed by atoms with van der Waals surface area (Å²) in [5, 5.41) is 9.70. The van der Waals surface area contributed by atoms with Crippen LogP contribution in [0.1, 0.15) is 25.0 Å². The Balaban J connectivity index is 2.87. The summed E-state index contributed by atoms with van der Waals surface area (Å²) in [5.74, 6) is 0.574. The highest BCUT2D eigenvalue weighted by Gasteiger charge is 2.13. The molecule has 0 radical (unpaired) electrons. The molecule has 1 N–H and O–H groups in total. The number of ketones is 1. The van der Waals surface area contributed by atoms with E-state index in [2.05, 4.69) is 0 Å². The fourth-order valence-corrected chi connectivity index (χ4v) is 1.32. The van der Waals surface area contributed by atoms with Gasteiger partial charge in [-0.05, 0) is 13.0 Å². The number of hydrogen-bond acceptors (Lipinski definition) is 3. The van der Waals surface area contributed by atoms with Crippen LogP contribution in [0, 0.1) is 0 Å². The Morgan fingerprint density at radius 2 is 2.14 bits per heavy atom. The molecule has 1 aromatic rings. The molecule has 76 valence electrons. The molecule has 0 heterocycles. The molecule has 0 bridgehead atoms. The lowest BCUT2D eigenvalue weighted by Crippen LogP contribution is -2.04. The molecule has 0 spiro atoms. The van der Waals surface area contributed by atoms with Crippen molar-refractivity contribution in [3.63, 3.8) is 0 Å². The molecule has 0 aromatic heterocycles. The van der Waals surface area contributed by atoms with E-state index >= 15 is 0 Å². The molecule has 1 rings (SSSR count). The first kappa shape index (κ1) is 10.7. The highest BCUT2D eigenvalue weighted by atomic mass is 16.5. The molecule has 0 aliphatic carbocycles. The van der Waals surface area contributed by atoms with Gasteiger partial charge in [0, 0.05) is 12.0 Å². The Hall–Kier alpha value is -1.35. The molecule has 0 aliphatic rings. The zero-order chi connectivity index (χ0) is 10.6. The summed E-state index contributed by atoms with van der Waals surface area (Å²) in [6, 6.07) is 7.15. The molecule has 0 fully saturated rings. The van der Waals surface area contributed by atoms with E-state index < -0.39 is 6.10 Å². The zero-order valence-corrected chi connectivity index (χ0v) is 8.36. The molecule has 3 nitrogen and oxygen atoms in total. The summed E-state index contributed by atoms with van der Waals surface area (Å²) < 4.78 is 5.08. The van der Waals surface area contributed by atoms with E-state index in [1.165, 1.54) is 6.92 Å². The van der Waals surface area contributed by atoms with Gasteiger partial charge in [0.15, 0.2) is 0 Å². The number of carbonyl (C=O) groups is 1. The van der Waals surface area contributed by atoms with Crippen LogP contribution in [0.4, 0.5) is 0 Å². The van der Waals surface area contributed by atoms with Crippen molar-refractivity contribution in [2.75, 3.05) is 7.11 Å². The van der Waals surface area contributed by atoms with Crippen molar-refractivity contribution in [2.45, 2.75) is 19.4 Å². The van der Waals surface area contributed by atoms with Crippen LogP contribution in [0.5, 0.6) is 5.75 Å². The van der Waals surface area contributed by atoms with E-state index in [0.29, 0.717) is 11.3 Å². The van der Waals surface area contributed by atoms with Crippen molar-refractivity contribution in [1.82, 2.24) is 0 Å². The third kappa shape index (κ3) is 2.57. The second kappa shape index (κ2) is 4.77. The Morgan fingerprint density at radius 1 is 1.50 bits per heavy atom. The Kier molecular flexibility index (Phi) is 3.65. The molecular formula is C11H14O3. The van der Waals surface area contributed by atoms with Gasteiger partial charge >= 0.3 is 0 Å². The minimum Gasteiger partial charge on any atom is -0.496 e. The van der Waals surface area contributed by atoms with Gasteiger partial charge in [-0.25, -0.2) is 0 Å². The van der Waals surface area contributed by atoms with Crippen LogP contribution >= 0.6 is 0 Å². The molecular weight excluding hydrogens is 180 g/mol. The Morgan fingerprint density at radius 3 is 2.71 bits per heavy atom. The number of Topliss-reactive ketones (excluding diaryl/α,β-unsaturated/α-hetero) is 1. The van der Waals surface area contributed by atoms with Crippen LogP contribution in [-0.2, 0) is 4.79 Å². The smallest absolute Gasteiger partial charge is 0.132 e. The van der Waals surface area contributed by atoms with Crippen molar-refractivity contribution in [2.24, 2.45) is 0 Å². The molecule has 0 saturated heterocycles. The normalized spacial score (nSPS) is 12.2. The fraction of sp³-hybridized carbons (Fsp3) is 0.364.